The van der Waals surface area contributed by atoms with Gasteiger partial charge < -0.3 is 10.4 Å². The van der Waals surface area contributed by atoms with E-state index < -0.39 is 5.60 Å². The van der Waals surface area contributed by atoms with Crippen molar-refractivity contribution in [1.29, 1.82) is 0 Å². The van der Waals surface area contributed by atoms with Gasteiger partial charge in [0.2, 0.25) is 0 Å². The molecule has 1 aliphatic rings. The highest BCUT2D eigenvalue weighted by Gasteiger charge is 2.35. The number of rotatable bonds is 2. The average Bonchev–Trinajstić information content (AvgIpc) is 2.03. The number of nitrogens with zero attached hydrogens (tertiary/aromatic N) is 1. The summed E-state index contributed by atoms with van der Waals surface area (Å²) in [5.74, 6) is 1.04. The lowest BCUT2D eigenvalue weighted by atomic mass is 9.85. The minimum atomic E-state index is -0.743. The topological polar surface area (TPSA) is 44.6 Å². The fraction of sp³-hybridized carbons (Fsp3) is 0.909. The van der Waals surface area contributed by atoms with Gasteiger partial charge in [0.25, 0.3) is 0 Å². The molecule has 1 heterocycles. The van der Waals surface area contributed by atoms with Crippen LogP contribution in [0.15, 0.2) is 4.99 Å². The number of hydrogen-bond acceptors (Lipinski definition) is 3. The lowest BCUT2D eigenvalue weighted by Crippen LogP contribution is -2.57. The third kappa shape index (κ3) is 2.71. The smallest absolute Gasteiger partial charge is 0.0968 e. The molecule has 0 radical (unpaired) electrons. The van der Waals surface area contributed by atoms with E-state index in [4.69, 9.17) is 0 Å². The Bertz CT molecular complexity index is 226. The van der Waals surface area contributed by atoms with E-state index >= 15 is 0 Å². The molecule has 0 saturated heterocycles. The number of hydrogen-bond donors (Lipinski definition) is 2. The summed E-state index contributed by atoms with van der Waals surface area (Å²) in [7, 11) is 0. The molecule has 1 aliphatic heterocycles. The molecule has 0 aromatic carbocycles. The summed E-state index contributed by atoms with van der Waals surface area (Å²) >= 11 is 0. The van der Waals surface area contributed by atoms with Gasteiger partial charge in [0, 0.05) is 13.0 Å². The Hall–Kier alpha value is -0.570. The first kappa shape index (κ1) is 11.5. The molecule has 2 N–H and O–H groups in total. The molecule has 3 heteroatoms. The van der Waals surface area contributed by atoms with E-state index in [1.165, 1.54) is 12.8 Å². The highest BCUT2D eigenvalue weighted by molar-refractivity contribution is 5.83. The molecule has 0 amide bonds. The van der Waals surface area contributed by atoms with Crippen molar-refractivity contribution >= 4 is 5.84 Å². The lowest BCUT2D eigenvalue weighted by molar-refractivity contribution is 0.00431. The van der Waals surface area contributed by atoms with Gasteiger partial charge in [-0.15, -0.1) is 0 Å². The van der Waals surface area contributed by atoms with Gasteiger partial charge in [0.15, 0.2) is 0 Å². The summed E-state index contributed by atoms with van der Waals surface area (Å²) in [5.41, 5.74) is -1.07. The van der Waals surface area contributed by atoms with Crippen LogP contribution in [0.25, 0.3) is 0 Å². The van der Waals surface area contributed by atoms with Crippen LogP contribution in [0.5, 0.6) is 0 Å². The molecule has 0 atom stereocenters. The number of amidine groups is 1. The quantitative estimate of drug-likeness (QED) is 0.709. The predicted octanol–water partition coefficient (Wildman–Crippen LogP) is 1.71. The van der Waals surface area contributed by atoms with Crippen molar-refractivity contribution in [2.45, 2.75) is 58.1 Å². The summed E-state index contributed by atoms with van der Waals surface area (Å²) in [6.07, 6.45) is 3.40. The highest BCUT2D eigenvalue weighted by atomic mass is 16.3. The molecule has 14 heavy (non-hydrogen) atoms. The molecule has 1 rings (SSSR count). The van der Waals surface area contributed by atoms with Crippen LogP contribution in [0.4, 0.5) is 0 Å². The Morgan fingerprint density at radius 2 is 1.86 bits per heavy atom. The van der Waals surface area contributed by atoms with Crippen LogP contribution < -0.4 is 5.32 Å². The van der Waals surface area contributed by atoms with Gasteiger partial charge in [-0.05, 0) is 40.5 Å². The molecule has 0 aromatic rings. The molecule has 0 fully saturated rings. The molecule has 0 aliphatic carbocycles. The molecule has 0 bridgehead atoms. The maximum atomic E-state index is 9.96. The van der Waals surface area contributed by atoms with Gasteiger partial charge in [0.1, 0.15) is 0 Å². The second-order valence-electron chi connectivity index (χ2n) is 5.09. The van der Waals surface area contributed by atoms with E-state index in [9.17, 15) is 5.11 Å². The van der Waals surface area contributed by atoms with Crippen molar-refractivity contribution in [3.05, 3.63) is 0 Å². The van der Waals surface area contributed by atoms with Crippen LogP contribution in [0.3, 0.4) is 0 Å². The summed E-state index contributed by atoms with van der Waals surface area (Å²) in [4.78, 5) is 4.42. The van der Waals surface area contributed by atoms with E-state index in [1.54, 1.807) is 0 Å². The third-order valence-electron chi connectivity index (χ3n) is 3.11. The Kier molecular flexibility index (Phi) is 3.20. The predicted molar refractivity (Wildman–Crippen MR) is 59.7 cm³/mol. The molecular formula is C11H22N2O. The Balaban J connectivity index is 2.62. The Labute approximate surface area is 86.6 Å². The number of aliphatic hydroxyl groups is 1. The van der Waals surface area contributed by atoms with Crippen molar-refractivity contribution in [2.75, 3.05) is 6.54 Å². The van der Waals surface area contributed by atoms with E-state index in [1.807, 2.05) is 27.7 Å². The van der Waals surface area contributed by atoms with Crippen LogP contribution in [-0.4, -0.2) is 28.6 Å². The molecule has 3 nitrogen and oxygen atoms in total. The monoisotopic (exact) mass is 198 g/mol. The molecule has 0 unspecified atom stereocenters. The molecule has 82 valence electrons. The van der Waals surface area contributed by atoms with Crippen molar-refractivity contribution in [1.82, 2.24) is 5.32 Å². The minimum absolute atomic E-state index is 0.330. The molecule has 0 aromatic heterocycles. The number of aliphatic imine (C=N–C) groups is 1. The third-order valence-corrected chi connectivity index (χ3v) is 3.11. The van der Waals surface area contributed by atoms with Crippen LogP contribution in [0.2, 0.25) is 0 Å². The van der Waals surface area contributed by atoms with Gasteiger partial charge in [0.05, 0.1) is 17.0 Å². The molecule has 0 saturated carbocycles. The summed E-state index contributed by atoms with van der Waals surface area (Å²) in [6, 6.07) is 0. The standard InChI is InChI=1S/C11H22N2O/c1-10(2,11(3,4)14)13-9-7-5-6-8-12-9/h14H,5-8H2,1-4H3,(H,12,13). The second-order valence-corrected chi connectivity index (χ2v) is 5.09. The van der Waals surface area contributed by atoms with Crippen molar-refractivity contribution < 1.29 is 5.11 Å². The van der Waals surface area contributed by atoms with Crippen molar-refractivity contribution in [3.63, 3.8) is 0 Å². The maximum Gasteiger partial charge on any atom is 0.0968 e. The first-order valence-corrected chi connectivity index (χ1v) is 5.37. The van der Waals surface area contributed by atoms with Gasteiger partial charge in [-0.25, -0.2) is 0 Å². The first-order chi connectivity index (χ1) is 6.33. The summed E-state index contributed by atoms with van der Waals surface area (Å²) < 4.78 is 0. The Morgan fingerprint density at radius 3 is 2.29 bits per heavy atom. The largest absolute Gasteiger partial charge is 0.388 e. The lowest BCUT2D eigenvalue weighted by Gasteiger charge is -2.39. The molecule has 0 spiro atoms. The van der Waals surface area contributed by atoms with Crippen LogP contribution in [0.1, 0.15) is 47.0 Å². The van der Waals surface area contributed by atoms with E-state index in [-0.39, 0.29) is 5.54 Å². The van der Waals surface area contributed by atoms with Gasteiger partial charge in [-0.1, -0.05) is 0 Å². The first-order valence-electron chi connectivity index (χ1n) is 5.37. The second kappa shape index (κ2) is 3.89. The average molecular weight is 198 g/mol. The van der Waals surface area contributed by atoms with E-state index in [0.717, 1.165) is 18.8 Å². The zero-order valence-corrected chi connectivity index (χ0v) is 9.72. The Morgan fingerprint density at radius 1 is 1.21 bits per heavy atom. The highest BCUT2D eigenvalue weighted by Crippen LogP contribution is 2.21. The van der Waals surface area contributed by atoms with E-state index in [0.29, 0.717) is 0 Å². The summed E-state index contributed by atoms with van der Waals surface area (Å²) in [5, 5.41) is 13.3. The zero-order valence-electron chi connectivity index (χ0n) is 9.72. The van der Waals surface area contributed by atoms with Crippen LogP contribution >= 0.6 is 0 Å². The van der Waals surface area contributed by atoms with Gasteiger partial charge in [-0.2, -0.15) is 0 Å². The van der Waals surface area contributed by atoms with Crippen molar-refractivity contribution in [2.24, 2.45) is 4.99 Å². The minimum Gasteiger partial charge on any atom is -0.388 e. The van der Waals surface area contributed by atoms with Gasteiger partial charge in [-0.3, -0.25) is 4.99 Å². The fourth-order valence-electron chi connectivity index (χ4n) is 1.31. The zero-order chi connectivity index (χ0) is 10.8. The maximum absolute atomic E-state index is 9.96. The molecular weight excluding hydrogens is 176 g/mol. The number of nitrogens with one attached hydrogen (secondary N) is 1. The van der Waals surface area contributed by atoms with Crippen molar-refractivity contribution in [3.8, 4) is 0 Å². The normalized spacial score (nSPS) is 19.1. The van der Waals surface area contributed by atoms with E-state index in [2.05, 4.69) is 10.3 Å². The van der Waals surface area contributed by atoms with Crippen LogP contribution in [0, 0.1) is 0 Å². The van der Waals surface area contributed by atoms with Crippen LogP contribution in [-0.2, 0) is 0 Å². The van der Waals surface area contributed by atoms with Gasteiger partial charge >= 0.3 is 0 Å². The SMILES string of the molecule is CC(C)(O)C(C)(C)NC1=NCCCC1. The summed E-state index contributed by atoms with van der Waals surface area (Å²) in [6.45, 7) is 8.57. The fourth-order valence-corrected chi connectivity index (χ4v) is 1.31.